The number of nitro benzene ring substituents is 1. The molecule has 0 spiro atoms. The summed E-state index contributed by atoms with van der Waals surface area (Å²) in [5.41, 5.74) is 3.57. The highest BCUT2D eigenvalue weighted by Crippen LogP contribution is 2.28. The lowest BCUT2D eigenvalue weighted by molar-refractivity contribution is -0.384. The van der Waals surface area contributed by atoms with Crippen LogP contribution in [0.3, 0.4) is 0 Å². The van der Waals surface area contributed by atoms with Crippen molar-refractivity contribution in [3.8, 4) is 5.75 Å². The number of hydrogen-bond acceptors (Lipinski definition) is 5. The number of para-hydroxylation sites is 1. The van der Waals surface area contributed by atoms with Gasteiger partial charge in [0.25, 0.3) is 11.6 Å². The standard InChI is InChI=1S/C19H20ClN3O4/c1-3-13(2)16-6-4-5-7-18(16)27-12-19(24)22-21-11-14-10-15(23(25)26)8-9-17(14)20/h4-11,13H,3,12H2,1-2H3,(H,22,24)/b21-11+. The molecule has 7 nitrogen and oxygen atoms in total. The number of rotatable bonds is 8. The summed E-state index contributed by atoms with van der Waals surface area (Å²) in [5.74, 6) is 0.526. The summed E-state index contributed by atoms with van der Waals surface area (Å²) in [6.45, 7) is 3.98. The van der Waals surface area contributed by atoms with Crippen molar-refractivity contribution in [2.45, 2.75) is 26.2 Å². The molecule has 1 amide bonds. The summed E-state index contributed by atoms with van der Waals surface area (Å²) in [4.78, 5) is 22.2. The van der Waals surface area contributed by atoms with Crippen molar-refractivity contribution in [2.75, 3.05) is 6.61 Å². The third-order valence-corrected chi connectivity index (χ3v) is 4.35. The van der Waals surface area contributed by atoms with Crippen molar-refractivity contribution >= 4 is 29.4 Å². The summed E-state index contributed by atoms with van der Waals surface area (Å²) < 4.78 is 5.60. The fourth-order valence-corrected chi connectivity index (χ4v) is 2.50. The summed E-state index contributed by atoms with van der Waals surface area (Å²) >= 11 is 5.97. The number of ether oxygens (including phenoxy) is 1. The first kappa shape index (κ1) is 20.4. The molecule has 0 fully saturated rings. The molecule has 0 aliphatic carbocycles. The second kappa shape index (κ2) is 9.68. The van der Waals surface area contributed by atoms with Gasteiger partial charge in [0.1, 0.15) is 5.75 Å². The first-order valence-corrected chi connectivity index (χ1v) is 8.77. The second-order valence-corrected chi connectivity index (χ2v) is 6.30. The number of nitrogens with zero attached hydrogens (tertiary/aromatic N) is 2. The Morgan fingerprint density at radius 3 is 2.81 bits per heavy atom. The van der Waals surface area contributed by atoms with Crippen LogP contribution in [0.25, 0.3) is 0 Å². The molecule has 142 valence electrons. The van der Waals surface area contributed by atoms with E-state index in [-0.39, 0.29) is 17.3 Å². The predicted molar refractivity (Wildman–Crippen MR) is 104 cm³/mol. The van der Waals surface area contributed by atoms with Gasteiger partial charge in [0, 0.05) is 22.7 Å². The first-order valence-electron chi connectivity index (χ1n) is 8.40. The molecule has 2 aromatic carbocycles. The van der Waals surface area contributed by atoms with Crippen LogP contribution < -0.4 is 10.2 Å². The molecule has 2 aromatic rings. The van der Waals surface area contributed by atoms with Crippen LogP contribution >= 0.6 is 11.6 Å². The van der Waals surface area contributed by atoms with Gasteiger partial charge in [-0.2, -0.15) is 5.10 Å². The van der Waals surface area contributed by atoms with Crippen LogP contribution in [0.4, 0.5) is 5.69 Å². The molecule has 1 atom stereocenters. The van der Waals surface area contributed by atoms with Gasteiger partial charge in [-0.1, -0.05) is 43.6 Å². The molecule has 0 aromatic heterocycles. The van der Waals surface area contributed by atoms with Crippen molar-refractivity contribution in [3.63, 3.8) is 0 Å². The Morgan fingerprint density at radius 1 is 1.37 bits per heavy atom. The molecular formula is C19H20ClN3O4. The summed E-state index contributed by atoms with van der Waals surface area (Å²) in [5, 5.41) is 14.9. The van der Waals surface area contributed by atoms with Crippen LogP contribution in [0.5, 0.6) is 5.75 Å². The van der Waals surface area contributed by atoms with Crippen molar-refractivity contribution < 1.29 is 14.5 Å². The van der Waals surface area contributed by atoms with Crippen LogP contribution in [0, 0.1) is 10.1 Å². The molecule has 0 radical (unpaired) electrons. The van der Waals surface area contributed by atoms with E-state index in [1.165, 1.54) is 24.4 Å². The first-order chi connectivity index (χ1) is 12.9. The molecule has 0 saturated carbocycles. The molecule has 0 aliphatic heterocycles. The van der Waals surface area contributed by atoms with E-state index < -0.39 is 10.8 Å². The lowest BCUT2D eigenvalue weighted by atomic mass is 9.98. The van der Waals surface area contributed by atoms with E-state index in [1.807, 2.05) is 24.3 Å². The highest BCUT2D eigenvalue weighted by molar-refractivity contribution is 6.33. The van der Waals surface area contributed by atoms with Crippen molar-refractivity contribution in [3.05, 3.63) is 68.7 Å². The largest absolute Gasteiger partial charge is 0.483 e. The number of benzene rings is 2. The van der Waals surface area contributed by atoms with Gasteiger partial charge in [0.05, 0.1) is 11.1 Å². The lowest BCUT2D eigenvalue weighted by Gasteiger charge is -2.15. The molecule has 1 unspecified atom stereocenters. The minimum Gasteiger partial charge on any atom is -0.483 e. The average molecular weight is 390 g/mol. The molecule has 0 aliphatic rings. The number of hydrazone groups is 1. The van der Waals surface area contributed by atoms with Crippen LogP contribution in [-0.4, -0.2) is 23.7 Å². The van der Waals surface area contributed by atoms with E-state index >= 15 is 0 Å². The molecule has 27 heavy (non-hydrogen) atoms. The zero-order valence-electron chi connectivity index (χ0n) is 15.0. The fourth-order valence-electron chi connectivity index (χ4n) is 2.33. The number of carbonyl (C=O) groups excluding carboxylic acids is 1. The van der Waals surface area contributed by atoms with Crippen LogP contribution in [-0.2, 0) is 4.79 Å². The van der Waals surface area contributed by atoms with Gasteiger partial charge in [-0.3, -0.25) is 14.9 Å². The molecule has 8 heteroatoms. The molecule has 0 saturated heterocycles. The second-order valence-electron chi connectivity index (χ2n) is 5.89. The number of amides is 1. The maximum atomic E-state index is 11.9. The van der Waals surface area contributed by atoms with E-state index in [4.69, 9.17) is 16.3 Å². The van der Waals surface area contributed by atoms with Gasteiger partial charge >= 0.3 is 0 Å². The maximum Gasteiger partial charge on any atom is 0.277 e. The van der Waals surface area contributed by atoms with E-state index in [2.05, 4.69) is 24.4 Å². The number of hydrogen-bond donors (Lipinski definition) is 1. The quantitative estimate of drug-likeness (QED) is 0.414. The third kappa shape index (κ3) is 5.79. The molecule has 1 N–H and O–H groups in total. The Labute approximate surface area is 162 Å². The van der Waals surface area contributed by atoms with Crippen LogP contribution in [0.2, 0.25) is 5.02 Å². The van der Waals surface area contributed by atoms with Crippen LogP contribution in [0.15, 0.2) is 47.6 Å². The summed E-state index contributed by atoms with van der Waals surface area (Å²) in [7, 11) is 0. The smallest absolute Gasteiger partial charge is 0.277 e. The average Bonchev–Trinajstić information content (AvgIpc) is 2.67. The predicted octanol–water partition coefficient (Wildman–Crippen LogP) is 4.29. The van der Waals surface area contributed by atoms with Gasteiger partial charge in [0.2, 0.25) is 0 Å². The van der Waals surface area contributed by atoms with Gasteiger partial charge < -0.3 is 4.74 Å². The van der Waals surface area contributed by atoms with E-state index in [1.54, 1.807) is 0 Å². The minimum absolute atomic E-state index is 0.114. The fraction of sp³-hybridized carbons (Fsp3) is 0.263. The minimum atomic E-state index is -0.533. The number of carbonyl (C=O) groups is 1. The number of non-ortho nitro benzene ring substituents is 1. The van der Waals surface area contributed by atoms with Crippen molar-refractivity contribution in [2.24, 2.45) is 5.10 Å². The number of halogens is 1. The summed E-state index contributed by atoms with van der Waals surface area (Å²) in [6.07, 6.45) is 2.21. The SMILES string of the molecule is CCC(C)c1ccccc1OCC(=O)N/N=C/c1cc([N+](=O)[O-])ccc1Cl. The van der Waals surface area contributed by atoms with Gasteiger partial charge in [0.15, 0.2) is 6.61 Å². The third-order valence-electron chi connectivity index (χ3n) is 4.00. The van der Waals surface area contributed by atoms with Crippen molar-refractivity contribution in [1.82, 2.24) is 5.43 Å². The Kier molecular flexibility index (Phi) is 7.31. The zero-order chi connectivity index (χ0) is 19.8. The zero-order valence-corrected chi connectivity index (χ0v) is 15.8. The van der Waals surface area contributed by atoms with E-state index in [0.717, 1.165) is 12.0 Å². The van der Waals surface area contributed by atoms with Gasteiger partial charge in [-0.05, 0) is 30.0 Å². The van der Waals surface area contributed by atoms with Crippen LogP contribution in [0.1, 0.15) is 37.3 Å². The maximum absolute atomic E-state index is 11.9. The molecule has 2 rings (SSSR count). The molecular weight excluding hydrogens is 370 g/mol. The molecule has 0 heterocycles. The van der Waals surface area contributed by atoms with E-state index in [9.17, 15) is 14.9 Å². The Hall–Kier alpha value is -2.93. The monoisotopic (exact) mass is 389 g/mol. The lowest BCUT2D eigenvalue weighted by Crippen LogP contribution is -2.25. The van der Waals surface area contributed by atoms with Gasteiger partial charge in [-0.25, -0.2) is 5.43 Å². The highest BCUT2D eigenvalue weighted by Gasteiger charge is 2.11. The topological polar surface area (TPSA) is 93.8 Å². The number of nitro groups is 1. The Bertz CT molecular complexity index is 855. The Morgan fingerprint density at radius 2 is 2.11 bits per heavy atom. The van der Waals surface area contributed by atoms with Crippen molar-refractivity contribution in [1.29, 1.82) is 0 Å². The van der Waals surface area contributed by atoms with Gasteiger partial charge in [-0.15, -0.1) is 0 Å². The highest BCUT2D eigenvalue weighted by atomic mass is 35.5. The summed E-state index contributed by atoms with van der Waals surface area (Å²) in [6, 6.07) is 11.5. The Balaban J connectivity index is 1.95. The normalized spacial score (nSPS) is 12.0. The number of nitrogens with one attached hydrogen (secondary N) is 1. The molecule has 0 bridgehead atoms. The van der Waals surface area contributed by atoms with E-state index in [0.29, 0.717) is 17.2 Å².